The Hall–Kier alpha value is -1.59. The second kappa shape index (κ2) is 8.19. The summed E-state index contributed by atoms with van der Waals surface area (Å²) in [6, 6.07) is 1.98. The van der Waals surface area contributed by atoms with Gasteiger partial charge in [-0.2, -0.15) is 0 Å². The van der Waals surface area contributed by atoms with Crippen LogP contribution in [0.25, 0.3) is 0 Å². The van der Waals surface area contributed by atoms with Crippen molar-refractivity contribution in [1.82, 2.24) is 4.90 Å². The van der Waals surface area contributed by atoms with Crippen LogP contribution in [0.15, 0.2) is 22.7 Å². The molecule has 1 saturated carbocycles. The van der Waals surface area contributed by atoms with E-state index in [0.717, 1.165) is 48.1 Å². The SMILES string of the molecule is COC1CCCc2c(C)cc(C(=O)/C(=C/N(C)C)C(=O)C3CC3)c(SC)c21. The molecule has 1 fully saturated rings. The van der Waals surface area contributed by atoms with Crippen LogP contribution in [0.1, 0.15) is 58.8 Å². The van der Waals surface area contributed by atoms with Gasteiger partial charge in [0.05, 0.1) is 11.7 Å². The molecule has 146 valence electrons. The van der Waals surface area contributed by atoms with Crippen LogP contribution in [0.3, 0.4) is 0 Å². The Kier molecular flexibility index (Phi) is 6.11. The summed E-state index contributed by atoms with van der Waals surface area (Å²) >= 11 is 1.59. The van der Waals surface area contributed by atoms with Crippen LogP contribution < -0.4 is 0 Å². The quantitative estimate of drug-likeness (QED) is 0.229. The molecule has 0 bridgehead atoms. The summed E-state index contributed by atoms with van der Waals surface area (Å²) in [7, 11) is 5.44. The van der Waals surface area contributed by atoms with Crippen molar-refractivity contribution in [2.24, 2.45) is 5.92 Å². The van der Waals surface area contributed by atoms with Crippen LogP contribution in [0.5, 0.6) is 0 Å². The number of thioether (sulfide) groups is 1. The molecule has 1 atom stereocenters. The van der Waals surface area contributed by atoms with E-state index >= 15 is 0 Å². The monoisotopic (exact) mass is 387 g/mol. The molecule has 4 nitrogen and oxygen atoms in total. The zero-order valence-electron chi connectivity index (χ0n) is 16.9. The molecule has 0 aliphatic heterocycles. The number of Topliss-reactive ketones (excluding diaryl/α,β-unsaturated/α-hetero) is 2. The number of hydrogen-bond acceptors (Lipinski definition) is 5. The second-order valence-electron chi connectivity index (χ2n) is 7.76. The van der Waals surface area contributed by atoms with Crippen LogP contribution in [0.4, 0.5) is 0 Å². The molecular formula is C22H29NO3S. The lowest BCUT2D eigenvalue weighted by molar-refractivity contribution is -0.116. The highest BCUT2D eigenvalue weighted by molar-refractivity contribution is 7.98. The smallest absolute Gasteiger partial charge is 0.199 e. The van der Waals surface area contributed by atoms with Crippen molar-refractivity contribution in [1.29, 1.82) is 0 Å². The topological polar surface area (TPSA) is 46.6 Å². The number of nitrogens with zero attached hydrogens (tertiary/aromatic N) is 1. The van der Waals surface area contributed by atoms with Crippen molar-refractivity contribution in [3.05, 3.63) is 40.1 Å². The maximum Gasteiger partial charge on any atom is 0.199 e. The standard InChI is InChI=1S/C22H29NO3S/c1-13-11-16(21(25)17(12-23(2)3)20(24)14-9-10-14)22(27-5)19-15(13)7-6-8-18(19)26-4/h11-12,14,18H,6-10H2,1-5H3/b17-12+. The molecular weight excluding hydrogens is 358 g/mol. The second-order valence-corrected chi connectivity index (χ2v) is 8.57. The fourth-order valence-corrected chi connectivity index (χ4v) is 4.82. The molecule has 0 aromatic heterocycles. The fraction of sp³-hybridized carbons (Fsp3) is 0.545. The van der Waals surface area contributed by atoms with Gasteiger partial charge in [-0.05, 0) is 68.0 Å². The highest BCUT2D eigenvalue weighted by Crippen LogP contribution is 2.42. The van der Waals surface area contributed by atoms with Crippen molar-refractivity contribution in [3.8, 4) is 0 Å². The Bertz CT molecular complexity index is 793. The molecule has 3 rings (SSSR count). The summed E-state index contributed by atoms with van der Waals surface area (Å²) in [4.78, 5) is 29.1. The Morgan fingerprint density at radius 3 is 2.52 bits per heavy atom. The van der Waals surface area contributed by atoms with E-state index in [1.54, 1.807) is 30.0 Å². The number of benzene rings is 1. The van der Waals surface area contributed by atoms with Gasteiger partial charge in [0.1, 0.15) is 0 Å². The molecule has 0 radical (unpaired) electrons. The first-order valence-electron chi connectivity index (χ1n) is 9.59. The van der Waals surface area contributed by atoms with Crippen molar-refractivity contribution < 1.29 is 14.3 Å². The van der Waals surface area contributed by atoms with E-state index in [9.17, 15) is 9.59 Å². The molecule has 1 aromatic carbocycles. The van der Waals surface area contributed by atoms with E-state index in [-0.39, 0.29) is 23.6 Å². The number of aryl methyl sites for hydroxylation is 1. The summed E-state index contributed by atoms with van der Waals surface area (Å²) in [6.45, 7) is 2.07. The van der Waals surface area contributed by atoms with Gasteiger partial charge in [-0.1, -0.05) is 0 Å². The first-order valence-corrected chi connectivity index (χ1v) is 10.8. The molecule has 0 amide bonds. The van der Waals surface area contributed by atoms with E-state index in [2.05, 4.69) is 6.92 Å². The molecule has 5 heteroatoms. The molecule has 0 spiro atoms. The number of ketones is 2. The molecule has 1 aromatic rings. The third kappa shape index (κ3) is 3.99. The lowest BCUT2D eigenvalue weighted by atomic mass is 9.83. The molecule has 1 unspecified atom stereocenters. The molecule has 0 N–H and O–H groups in total. The number of carbonyl (C=O) groups is 2. The van der Waals surface area contributed by atoms with Gasteiger partial charge in [-0.15, -0.1) is 11.8 Å². The predicted octanol–water partition coefficient (Wildman–Crippen LogP) is 4.35. The minimum Gasteiger partial charge on any atom is -0.383 e. The van der Waals surface area contributed by atoms with E-state index < -0.39 is 0 Å². The van der Waals surface area contributed by atoms with Gasteiger partial charge in [0.15, 0.2) is 11.6 Å². The van der Waals surface area contributed by atoms with Crippen molar-refractivity contribution in [2.45, 2.75) is 50.0 Å². The first kappa shape index (κ1) is 20.2. The summed E-state index contributed by atoms with van der Waals surface area (Å²) in [5.41, 5.74) is 4.53. The van der Waals surface area contributed by atoms with Crippen molar-refractivity contribution >= 4 is 23.3 Å². The number of methoxy groups -OCH3 is 1. The average molecular weight is 388 g/mol. The van der Waals surface area contributed by atoms with Crippen LogP contribution in [-0.4, -0.2) is 43.9 Å². The zero-order valence-corrected chi connectivity index (χ0v) is 17.7. The number of carbonyl (C=O) groups excluding carboxylic acids is 2. The summed E-state index contributed by atoms with van der Waals surface area (Å²) < 4.78 is 5.76. The molecule has 2 aliphatic rings. The number of rotatable bonds is 7. The molecule has 2 aliphatic carbocycles. The predicted molar refractivity (Wildman–Crippen MR) is 109 cm³/mol. The Morgan fingerprint density at radius 1 is 1.26 bits per heavy atom. The van der Waals surface area contributed by atoms with E-state index in [1.165, 1.54) is 5.56 Å². The van der Waals surface area contributed by atoms with Crippen molar-refractivity contribution in [3.63, 3.8) is 0 Å². The number of hydrogen-bond donors (Lipinski definition) is 0. The zero-order chi connectivity index (χ0) is 19.7. The summed E-state index contributed by atoms with van der Waals surface area (Å²) in [6.07, 6.45) is 8.57. The first-order chi connectivity index (χ1) is 12.9. The van der Waals surface area contributed by atoms with Crippen LogP contribution >= 0.6 is 11.8 Å². The highest BCUT2D eigenvalue weighted by atomic mass is 32.2. The van der Waals surface area contributed by atoms with Crippen LogP contribution in [0.2, 0.25) is 0 Å². The van der Waals surface area contributed by atoms with E-state index in [1.807, 2.05) is 26.4 Å². The van der Waals surface area contributed by atoms with Gasteiger partial charge in [0.2, 0.25) is 0 Å². The van der Waals surface area contributed by atoms with Gasteiger partial charge < -0.3 is 9.64 Å². The minimum atomic E-state index is -0.156. The number of fused-ring (bicyclic) bond motifs is 1. The summed E-state index contributed by atoms with van der Waals surface area (Å²) in [5, 5.41) is 0. The Labute approximate surface area is 166 Å². The van der Waals surface area contributed by atoms with Gasteiger partial charge >= 0.3 is 0 Å². The van der Waals surface area contributed by atoms with Gasteiger partial charge in [0, 0.05) is 43.8 Å². The third-order valence-electron chi connectivity index (χ3n) is 5.45. The number of allylic oxidation sites excluding steroid dienone is 1. The Balaban J connectivity index is 2.13. The van der Waals surface area contributed by atoms with Gasteiger partial charge in [-0.3, -0.25) is 9.59 Å². The normalized spacial score (nSPS) is 19.6. The highest BCUT2D eigenvalue weighted by Gasteiger charge is 2.36. The molecule has 0 saturated heterocycles. The maximum atomic E-state index is 13.5. The fourth-order valence-electron chi connectivity index (χ4n) is 3.97. The third-order valence-corrected chi connectivity index (χ3v) is 6.29. The lowest BCUT2D eigenvalue weighted by Crippen LogP contribution is -2.21. The molecule has 27 heavy (non-hydrogen) atoms. The van der Waals surface area contributed by atoms with E-state index in [4.69, 9.17) is 4.74 Å². The average Bonchev–Trinajstić information content (AvgIpc) is 3.49. The maximum absolute atomic E-state index is 13.5. The van der Waals surface area contributed by atoms with Gasteiger partial charge in [-0.25, -0.2) is 0 Å². The summed E-state index contributed by atoms with van der Waals surface area (Å²) in [5.74, 6) is -0.154. The van der Waals surface area contributed by atoms with Gasteiger partial charge in [0.25, 0.3) is 0 Å². The van der Waals surface area contributed by atoms with Crippen LogP contribution in [-0.2, 0) is 16.0 Å². The number of ether oxygens (including phenoxy) is 1. The largest absolute Gasteiger partial charge is 0.383 e. The van der Waals surface area contributed by atoms with Crippen molar-refractivity contribution in [2.75, 3.05) is 27.5 Å². The Morgan fingerprint density at radius 2 is 1.96 bits per heavy atom. The van der Waals surface area contributed by atoms with E-state index in [0.29, 0.717) is 11.1 Å². The lowest BCUT2D eigenvalue weighted by Gasteiger charge is -2.29. The van der Waals surface area contributed by atoms with Crippen LogP contribution in [0, 0.1) is 12.8 Å². The molecule has 0 heterocycles. The minimum absolute atomic E-state index is 0.0144.